The van der Waals surface area contributed by atoms with E-state index in [0.717, 1.165) is 12.1 Å². The molecule has 1 atom stereocenters. The first kappa shape index (κ1) is 16.8. The molecule has 0 bridgehead atoms. The molecule has 0 amide bonds. The van der Waals surface area contributed by atoms with Gasteiger partial charge in [0.25, 0.3) is 0 Å². The monoisotopic (exact) mass is 297 g/mol. The van der Waals surface area contributed by atoms with E-state index in [0.29, 0.717) is 16.6 Å². The summed E-state index contributed by atoms with van der Waals surface area (Å²) in [7, 11) is 2.09. The van der Waals surface area contributed by atoms with Gasteiger partial charge in [-0.15, -0.1) is 0 Å². The van der Waals surface area contributed by atoms with Crippen molar-refractivity contribution in [2.45, 2.75) is 40.3 Å². The highest BCUT2D eigenvalue weighted by Crippen LogP contribution is 2.26. The number of rotatable bonds is 4. The second-order valence-corrected chi connectivity index (χ2v) is 6.66. The fraction of sp³-hybridized carbons (Fsp3) is 0.533. The van der Waals surface area contributed by atoms with Crippen molar-refractivity contribution < 1.29 is 5.21 Å². The van der Waals surface area contributed by atoms with Gasteiger partial charge in [0, 0.05) is 23.2 Å². The number of hydrogen-bond acceptors (Lipinski definition) is 3. The molecule has 0 heterocycles. The lowest BCUT2D eigenvalue weighted by molar-refractivity contribution is 0.135. The van der Waals surface area contributed by atoms with Crippen LogP contribution in [0.5, 0.6) is 0 Å². The Morgan fingerprint density at radius 2 is 2.05 bits per heavy atom. The Balaban J connectivity index is 2.89. The summed E-state index contributed by atoms with van der Waals surface area (Å²) in [5.41, 5.74) is 7.40. The largest absolute Gasteiger partial charge is 0.409 e. The number of hydrogen-bond donors (Lipinski definition) is 2. The van der Waals surface area contributed by atoms with Crippen molar-refractivity contribution in [1.82, 2.24) is 4.90 Å². The predicted molar refractivity (Wildman–Crippen MR) is 84.3 cm³/mol. The molecule has 0 saturated heterocycles. The summed E-state index contributed by atoms with van der Waals surface area (Å²) in [6, 6.07) is 5.87. The lowest BCUT2D eigenvalue weighted by atomic mass is 9.87. The molecule has 0 aliphatic rings. The highest BCUT2D eigenvalue weighted by molar-refractivity contribution is 6.31. The summed E-state index contributed by atoms with van der Waals surface area (Å²) in [4.78, 5) is 2.27. The maximum atomic E-state index is 8.67. The van der Waals surface area contributed by atoms with Gasteiger partial charge in [-0.1, -0.05) is 49.7 Å². The third kappa shape index (κ3) is 4.12. The zero-order valence-electron chi connectivity index (χ0n) is 12.8. The van der Waals surface area contributed by atoms with Crippen LogP contribution < -0.4 is 5.73 Å². The second-order valence-electron chi connectivity index (χ2n) is 6.25. The Hall–Kier alpha value is -1.26. The van der Waals surface area contributed by atoms with E-state index < -0.39 is 0 Å². The van der Waals surface area contributed by atoms with Crippen molar-refractivity contribution in [1.29, 1.82) is 0 Å². The molecule has 1 rings (SSSR count). The number of nitrogens with zero attached hydrogens (tertiary/aromatic N) is 2. The molecule has 1 aromatic carbocycles. The van der Waals surface area contributed by atoms with Gasteiger partial charge in [0.2, 0.25) is 0 Å². The average molecular weight is 298 g/mol. The van der Waals surface area contributed by atoms with Crippen molar-refractivity contribution in [2.24, 2.45) is 16.3 Å². The van der Waals surface area contributed by atoms with Crippen LogP contribution in [0.15, 0.2) is 23.4 Å². The number of amidine groups is 1. The molecular formula is C15H24ClN3O. The van der Waals surface area contributed by atoms with Crippen LogP contribution in [0.1, 0.15) is 38.8 Å². The van der Waals surface area contributed by atoms with E-state index in [-0.39, 0.29) is 11.3 Å². The smallest absolute Gasteiger partial charge is 0.170 e. The molecule has 20 heavy (non-hydrogen) atoms. The van der Waals surface area contributed by atoms with Crippen molar-refractivity contribution in [3.63, 3.8) is 0 Å². The van der Waals surface area contributed by atoms with Crippen LogP contribution in [0.2, 0.25) is 5.02 Å². The Kier molecular flexibility index (Phi) is 5.42. The van der Waals surface area contributed by atoms with Gasteiger partial charge in [-0.05, 0) is 31.0 Å². The maximum Gasteiger partial charge on any atom is 0.170 e. The number of oxime groups is 1. The van der Waals surface area contributed by atoms with Crippen molar-refractivity contribution >= 4 is 17.4 Å². The highest BCUT2D eigenvalue weighted by Gasteiger charge is 2.24. The van der Waals surface area contributed by atoms with Gasteiger partial charge in [0.15, 0.2) is 5.84 Å². The molecule has 112 valence electrons. The minimum absolute atomic E-state index is 0.0647. The van der Waals surface area contributed by atoms with Gasteiger partial charge < -0.3 is 10.9 Å². The van der Waals surface area contributed by atoms with E-state index in [2.05, 4.69) is 44.8 Å². The third-order valence-corrected chi connectivity index (χ3v) is 4.14. The molecule has 0 radical (unpaired) electrons. The molecule has 0 aliphatic carbocycles. The zero-order valence-corrected chi connectivity index (χ0v) is 13.6. The first-order valence-corrected chi connectivity index (χ1v) is 7.01. The normalized spacial score (nSPS) is 14.7. The van der Waals surface area contributed by atoms with Gasteiger partial charge in [-0.25, -0.2) is 0 Å². The molecule has 5 heteroatoms. The Morgan fingerprint density at radius 1 is 1.45 bits per heavy atom. The Morgan fingerprint density at radius 3 is 2.50 bits per heavy atom. The molecule has 0 aliphatic heterocycles. The van der Waals surface area contributed by atoms with Gasteiger partial charge in [0.1, 0.15) is 0 Å². The molecule has 0 saturated carbocycles. The summed E-state index contributed by atoms with van der Waals surface area (Å²) in [6.45, 7) is 9.62. The molecule has 0 spiro atoms. The summed E-state index contributed by atoms with van der Waals surface area (Å²) >= 11 is 6.27. The molecule has 0 fully saturated rings. The quantitative estimate of drug-likeness (QED) is 0.388. The van der Waals surface area contributed by atoms with E-state index in [9.17, 15) is 0 Å². The molecule has 1 aromatic rings. The van der Waals surface area contributed by atoms with Crippen LogP contribution >= 0.6 is 11.6 Å². The maximum absolute atomic E-state index is 8.67. The molecule has 1 unspecified atom stereocenters. The molecular weight excluding hydrogens is 274 g/mol. The molecule has 3 N–H and O–H groups in total. The number of halogens is 1. The van der Waals surface area contributed by atoms with Crippen LogP contribution in [-0.4, -0.2) is 29.0 Å². The first-order valence-electron chi connectivity index (χ1n) is 6.63. The average Bonchev–Trinajstić information content (AvgIpc) is 2.38. The lowest BCUT2D eigenvalue weighted by Gasteiger charge is -2.35. The van der Waals surface area contributed by atoms with Crippen molar-refractivity contribution in [3.05, 3.63) is 34.3 Å². The summed E-state index contributed by atoms with van der Waals surface area (Å²) in [5.74, 6) is 0.0647. The van der Waals surface area contributed by atoms with Crippen molar-refractivity contribution in [2.75, 3.05) is 7.05 Å². The van der Waals surface area contributed by atoms with E-state index in [1.807, 2.05) is 12.1 Å². The van der Waals surface area contributed by atoms with Gasteiger partial charge >= 0.3 is 0 Å². The molecule has 4 nitrogen and oxygen atoms in total. The lowest BCUT2D eigenvalue weighted by Crippen LogP contribution is -2.38. The topological polar surface area (TPSA) is 61.8 Å². The first-order chi connectivity index (χ1) is 9.16. The van der Waals surface area contributed by atoms with E-state index in [4.69, 9.17) is 22.5 Å². The van der Waals surface area contributed by atoms with Gasteiger partial charge in [-0.2, -0.15) is 0 Å². The fourth-order valence-corrected chi connectivity index (χ4v) is 2.20. The second kappa shape index (κ2) is 6.46. The third-order valence-electron chi connectivity index (χ3n) is 3.79. The van der Waals surface area contributed by atoms with Gasteiger partial charge in [-0.3, -0.25) is 4.90 Å². The summed E-state index contributed by atoms with van der Waals surface area (Å²) in [6.07, 6.45) is 0. The van der Waals surface area contributed by atoms with Crippen LogP contribution in [0.3, 0.4) is 0 Å². The summed E-state index contributed by atoms with van der Waals surface area (Å²) < 4.78 is 0. The predicted octanol–water partition coefficient (Wildman–Crippen LogP) is 3.30. The Labute approximate surface area is 126 Å². The highest BCUT2D eigenvalue weighted by atomic mass is 35.5. The van der Waals surface area contributed by atoms with Crippen LogP contribution in [0.4, 0.5) is 0 Å². The van der Waals surface area contributed by atoms with Crippen LogP contribution in [0.25, 0.3) is 0 Å². The van der Waals surface area contributed by atoms with Gasteiger partial charge in [0.05, 0.1) is 0 Å². The standard InChI is InChI=1S/C15H24ClN3O/c1-10(15(2,3)4)19(5)9-12-7-6-11(8-13(12)16)14(17)18-20/h6-8,10,20H,9H2,1-5H3,(H2,17,18). The number of nitrogens with two attached hydrogens (primary N) is 1. The minimum Gasteiger partial charge on any atom is -0.409 e. The van der Waals surface area contributed by atoms with E-state index in [1.165, 1.54) is 0 Å². The van der Waals surface area contributed by atoms with Crippen molar-refractivity contribution in [3.8, 4) is 0 Å². The zero-order chi connectivity index (χ0) is 15.5. The van der Waals surface area contributed by atoms with Crippen LogP contribution in [0, 0.1) is 5.41 Å². The van der Waals surface area contributed by atoms with Crippen LogP contribution in [-0.2, 0) is 6.54 Å². The van der Waals surface area contributed by atoms with E-state index >= 15 is 0 Å². The Bertz CT molecular complexity index is 494. The SMILES string of the molecule is CC(N(C)Cc1ccc(/C(N)=N/O)cc1Cl)C(C)(C)C. The number of benzene rings is 1. The minimum atomic E-state index is 0.0647. The summed E-state index contributed by atoms with van der Waals surface area (Å²) in [5, 5.41) is 12.3. The van der Waals surface area contributed by atoms with E-state index in [1.54, 1.807) is 6.07 Å². The fourth-order valence-electron chi connectivity index (χ4n) is 1.96. The molecule has 0 aromatic heterocycles.